The van der Waals surface area contributed by atoms with Crippen molar-refractivity contribution >= 4 is 50.0 Å². The Kier molecular flexibility index (Phi) is 5.67. The Morgan fingerprint density at radius 3 is 2.81 bits per heavy atom. The first-order chi connectivity index (χ1) is 9.77. The van der Waals surface area contributed by atoms with E-state index in [1.165, 1.54) is 10.6 Å². The van der Waals surface area contributed by atoms with E-state index in [4.69, 9.17) is 11.6 Å². The summed E-state index contributed by atoms with van der Waals surface area (Å²) in [5.74, 6) is 0.104. The fourth-order valence-electron chi connectivity index (χ4n) is 2.54. The van der Waals surface area contributed by atoms with Gasteiger partial charge in [-0.05, 0) is 53.5 Å². The standard InChI is InChI=1S/C14H17ClINO3S/c1-21(19,20)17-6-2-3-10(9-17)7-14(18)11-4-5-13(16)12(15)8-11/h4-5,8,10H,2-3,6-7,9H2,1H3. The van der Waals surface area contributed by atoms with Crippen LogP contribution < -0.4 is 0 Å². The van der Waals surface area contributed by atoms with Crippen LogP contribution in [0.5, 0.6) is 0 Å². The molecular formula is C14H17ClINO3S. The van der Waals surface area contributed by atoms with Gasteiger partial charge >= 0.3 is 0 Å². The quantitative estimate of drug-likeness (QED) is 0.533. The van der Waals surface area contributed by atoms with Crippen molar-refractivity contribution in [2.24, 2.45) is 5.92 Å². The van der Waals surface area contributed by atoms with Gasteiger partial charge < -0.3 is 0 Å². The number of halogens is 2. The van der Waals surface area contributed by atoms with Crippen LogP contribution in [0.15, 0.2) is 18.2 Å². The van der Waals surface area contributed by atoms with Crippen molar-refractivity contribution in [1.82, 2.24) is 4.31 Å². The third-order valence-electron chi connectivity index (χ3n) is 3.67. The van der Waals surface area contributed by atoms with Gasteiger partial charge in [0.05, 0.1) is 11.3 Å². The molecule has 7 heteroatoms. The van der Waals surface area contributed by atoms with Crippen LogP contribution in [-0.4, -0.2) is 37.9 Å². The molecule has 0 aromatic heterocycles. The zero-order chi connectivity index (χ0) is 15.6. The molecule has 0 amide bonds. The van der Waals surface area contributed by atoms with E-state index < -0.39 is 10.0 Å². The van der Waals surface area contributed by atoms with Gasteiger partial charge in [0.2, 0.25) is 10.0 Å². The summed E-state index contributed by atoms with van der Waals surface area (Å²) in [6.07, 6.45) is 3.27. The number of nitrogens with zero attached hydrogens (tertiary/aromatic N) is 1. The number of Topliss-reactive ketones (excluding diaryl/α,β-unsaturated/α-hetero) is 1. The van der Waals surface area contributed by atoms with Gasteiger partial charge in [-0.2, -0.15) is 0 Å². The number of benzene rings is 1. The fraction of sp³-hybridized carbons (Fsp3) is 0.500. The summed E-state index contributed by atoms with van der Waals surface area (Å²) in [7, 11) is -3.17. The summed E-state index contributed by atoms with van der Waals surface area (Å²) < 4.78 is 25.6. The van der Waals surface area contributed by atoms with E-state index in [1.807, 2.05) is 6.07 Å². The first-order valence-corrected chi connectivity index (χ1v) is 10.0. The predicted octanol–water partition coefficient (Wildman–Crippen LogP) is 3.19. The summed E-state index contributed by atoms with van der Waals surface area (Å²) in [5.41, 5.74) is 0.594. The van der Waals surface area contributed by atoms with Gasteiger partial charge in [-0.25, -0.2) is 12.7 Å². The molecule has 0 spiro atoms. The molecule has 0 aliphatic carbocycles. The van der Waals surface area contributed by atoms with Crippen LogP contribution in [0.3, 0.4) is 0 Å². The van der Waals surface area contributed by atoms with Gasteiger partial charge in [-0.1, -0.05) is 17.7 Å². The monoisotopic (exact) mass is 441 g/mol. The topological polar surface area (TPSA) is 54.5 Å². The highest BCUT2D eigenvalue weighted by Gasteiger charge is 2.27. The van der Waals surface area contributed by atoms with Crippen molar-refractivity contribution in [2.75, 3.05) is 19.3 Å². The first kappa shape index (κ1) is 17.2. The van der Waals surface area contributed by atoms with Crippen molar-refractivity contribution in [3.8, 4) is 0 Å². The summed E-state index contributed by atoms with van der Waals surface area (Å²) in [5, 5.41) is 0.572. The highest BCUT2D eigenvalue weighted by molar-refractivity contribution is 14.1. The summed E-state index contributed by atoms with van der Waals surface area (Å²) in [6.45, 7) is 0.988. The van der Waals surface area contributed by atoms with E-state index in [2.05, 4.69) is 22.6 Å². The molecule has 1 aromatic rings. The molecule has 1 heterocycles. The lowest BCUT2D eigenvalue weighted by molar-refractivity contribution is 0.0942. The van der Waals surface area contributed by atoms with E-state index in [0.717, 1.165) is 16.4 Å². The Morgan fingerprint density at radius 1 is 1.48 bits per heavy atom. The van der Waals surface area contributed by atoms with Crippen molar-refractivity contribution in [2.45, 2.75) is 19.3 Å². The predicted molar refractivity (Wildman–Crippen MR) is 92.3 cm³/mol. The van der Waals surface area contributed by atoms with Gasteiger partial charge in [0.1, 0.15) is 0 Å². The van der Waals surface area contributed by atoms with Crippen LogP contribution in [0.2, 0.25) is 5.02 Å². The maximum absolute atomic E-state index is 12.3. The number of hydrogen-bond acceptors (Lipinski definition) is 3. The molecule has 21 heavy (non-hydrogen) atoms. The lowest BCUT2D eigenvalue weighted by atomic mass is 9.92. The molecule has 116 valence electrons. The highest BCUT2D eigenvalue weighted by Crippen LogP contribution is 2.25. The minimum absolute atomic E-state index is 0.0219. The van der Waals surface area contributed by atoms with E-state index in [0.29, 0.717) is 30.1 Å². The lowest BCUT2D eigenvalue weighted by Gasteiger charge is -2.30. The Morgan fingerprint density at radius 2 is 2.19 bits per heavy atom. The number of ketones is 1. The second kappa shape index (κ2) is 6.93. The second-order valence-corrected chi connectivity index (χ2v) is 8.94. The smallest absolute Gasteiger partial charge is 0.211 e. The molecule has 1 aliphatic rings. The molecular weight excluding hydrogens is 425 g/mol. The Balaban J connectivity index is 2.03. The van der Waals surface area contributed by atoms with Crippen LogP contribution in [0, 0.1) is 9.49 Å². The van der Waals surface area contributed by atoms with Crippen molar-refractivity contribution in [3.63, 3.8) is 0 Å². The number of hydrogen-bond donors (Lipinski definition) is 0. The molecule has 1 aromatic carbocycles. The number of sulfonamides is 1. The minimum Gasteiger partial charge on any atom is -0.294 e. The first-order valence-electron chi connectivity index (χ1n) is 6.71. The number of rotatable bonds is 4. The Hall–Kier alpha value is -0.180. The molecule has 2 rings (SSSR count). The zero-order valence-corrected chi connectivity index (χ0v) is 15.4. The van der Waals surface area contributed by atoms with E-state index in [9.17, 15) is 13.2 Å². The molecule has 0 saturated carbocycles. The molecule has 0 bridgehead atoms. The number of carbonyl (C=O) groups excluding carboxylic acids is 1. The van der Waals surface area contributed by atoms with Crippen LogP contribution in [-0.2, 0) is 10.0 Å². The highest BCUT2D eigenvalue weighted by atomic mass is 127. The van der Waals surface area contributed by atoms with Crippen LogP contribution in [0.4, 0.5) is 0 Å². The number of carbonyl (C=O) groups is 1. The Bertz CT molecular complexity index is 648. The summed E-state index contributed by atoms with van der Waals surface area (Å²) >= 11 is 8.15. The molecule has 1 atom stereocenters. The van der Waals surface area contributed by atoms with Crippen molar-refractivity contribution in [3.05, 3.63) is 32.4 Å². The fourth-order valence-corrected chi connectivity index (χ4v) is 4.00. The van der Waals surface area contributed by atoms with Crippen molar-refractivity contribution < 1.29 is 13.2 Å². The van der Waals surface area contributed by atoms with E-state index in [1.54, 1.807) is 12.1 Å². The lowest BCUT2D eigenvalue weighted by Crippen LogP contribution is -2.39. The average Bonchev–Trinajstić information content (AvgIpc) is 2.41. The number of piperidine rings is 1. The molecule has 1 saturated heterocycles. The SMILES string of the molecule is CS(=O)(=O)N1CCCC(CC(=O)c2ccc(I)c(Cl)c2)C1. The van der Waals surface area contributed by atoms with Gasteiger partial charge in [0.25, 0.3) is 0 Å². The summed E-state index contributed by atoms with van der Waals surface area (Å²) in [6, 6.07) is 5.27. The second-order valence-electron chi connectivity index (χ2n) is 5.39. The Labute approximate surface area is 144 Å². The molecule has 1 unspecified atom stereocenters. The largest absolute Gasteiger partial charge is 0.294 e. The molecule has 0 N–H and O–H groups in total. The van der Waals surface area contributed by atoms with Gasteiger partial charge in [-0.15, -0.1) is 0 Å². The van der Waals surface area contributed by atoms with Crippen molar-refractivity contribution in [1.29, 1.82) is 0 Å². The van der Waals surface area contributed by atoms with Crippen LogP contribution in [0.25, 0.3) is 0 Å². The van der Waals surface area contributed by atoms with Crippen LogP contribution in [0.1, 0.15) is 29.6 Å². The summed E-state index contributed by atoms with van der Waals surface area (Å²) in [4.78, 5) is 12.3. The average molecular weight is 442 g/mol. The maximum Gasteiger partial charge on any atom is 0.211 e. The third kappa shape index (κ3) is 4.64. The van der Waals surface area contributed by atoms with Gasteiger partial charge in [0, 0.05) is 28.6 Å². The van der Waals surface area contributed by atoms with Gasteiger partial charge in [-0.3, -0.25) is 4.79 Å². The van der Waals surface area contributed by atoms with Crippen LogP contribution >= 0.6 is 34.2 Å². The zero-order valence-electron chi connectivity index (χ0n) is 11.7. The molecule has 0 radical (unpaired) electrons. The van der Waals surface area contributed by atoms with Gasteiger partial charge in [0.15, 0.2) is 5.78 Å². The molecule has 4 nitrogen and oxygen atoms in total. The third-order valence-corrected chi connectivity index (χ3v) is 6.51. The molecule has 1 aliphatic heterocycles. The maximum atomic E-state index is 12.3. The normalized spacial score (nSPS) is 20.4. The van der Waals surface area contributed by atoms with E-state index in [-0.39, 0.29) is 11.7 Å². The van der Waals surface area contributed by atoms with E-state index >= 15 is 0 Å². The molecule has 1 fully saturated rings. The minimum atomic E-state index is -3.17.